The molecule has 15 heteroatoms. The van der Waals surface area contributed by atoms with E-state index in [1.165, 1.54) is 128 Å². The molecule has 2 aliphatic rings. The van der Waals surface area contributed by atoms with Gasteiger partial charge >= 0.3 is 11.9 Å². The molecule has 11 atom stereocenters. The molecular weight excluding hydrogens is 949 g/mol. The Hall–Kier alpha value is -2.54. The van der Waals surface area contributed by atoms with Crippen LogP contribution in [0.15, 0.2) is 48.6 Å². The van der Waals surface area contributed by atoms with Gasteiger partial charge in [-0.2, -0.15) is 0 Å². The normalized spacial score (nSPS) is 25.0. The lowest BCUT2D eigenvalue weighted by atomic mass is 9.98. The maximum absolute atomic E-state index is 13.0. The first kappa shape index (κ1) is 67.6. The van der Waals surface area contributed by atoms with E-state index in [1.54, 1.807) is 0 Å². The first-order chi connectivity index (χ1) is 36.0. The fraction of sp³-hybridized carbons (Fsp3) is 0.831. The van der Waals surface area contributed by atoms with Gasteiger partial charge in [0.1, 0.15) is 55.4 Å². The summed E-state index contributed by atoms with van der Waals surface area (Å²) in [5, 5.41) is 72.3. The van der Waals surface area contributed by atoms with Crippen LogP contribution < -0.4 is 0 Å². The molecule has 0 aromatic carbocycles. The summed E-state index contributed by atoms with van der Waals surface area (Å²) in [6.07, 6.45) is 35.7. The molecule has 0 radical (unpaired) electrons. The first-order valence-electron chi connectivity index (χ1n) is 29.2. The lowest BCUT2D eigenvalue weighted by Crippen LogP contribution is -2.61. The van der Waals surface area contributed by atoms with Gasteiger partial charge in [0.25, 0.3) is 0 Å². The van der Waals surface area contributed by atoms with E-state index in [0.717, 1.165) is 44.9 Å². The summed E-state index contributed by atoms with van der Waals surface area (Å²) in [7, 11) is 0. The van der Waals surface area contributed by atoms with E-state index in [0.29, 0.717) is 19.3 Å². The van der Waals surface area contributed by atoms with Gasteiger partial charge < -0.3 is 64.2 Å². The first-order valence-corrected chi connectivity index (χ1v) is 29.2. The number of hydrogen-bond acceptors (Lipinski definition) is 15. The number of hydrogen-bond donors (Lipinski definition) is 7. The Morgan fingerprint density at radius 3 is 1.31 bits per heavy atom. The maximum Gasteiger partial charge on any atom is 0.306 e. The van der Waals surface area contributed by atoms with E-state index in [9.17, 15) is 45.3 Å². The molecule has 0 saturated carbocycles. The van der Waals surface area contributed by atoms with Gasteiger partial charge in [-0.1, -0.05) is 204 Å². The second kappa shape index (κ2) is 45.5. The minimum atomic E-state index is -1.78. The Morgan fingerprint density at radius 2 is 0.824 bits per heavy atom. The molecule has 0 amide bonds. The van der Waals surface area contributed by atoms with Crippen molar-refractivity contribution in [3.63, 3.8) is 0 Å². The second-order valence-electron chi connectivity index (χ2n) is 20.5. The average Bonchev–Trinajstić information content (AvgIpc) is 3.39. The Balaban J connectivity index is 1.76. The number of carbonyl (C=O) groups excluding carboxylic acids is 2. The van der Waals surface area contributed by atoms with Gasteiger partial charge in [0, 0.05) is 12.8 Å². The number of carbonyl (C=O) groups is 2. The predicted octanol–water partition coefficient (Wildman–Crippen LogP) is 9.83. The molecule has 15 nitrogen and oxygen atoms in total. The molecule has 0 aromatic rings. The van der Waals surface area contributed by atoms with Gasteiger partial charge in [0.15, 0.2) is 18.7 Å². The number of allylic oxidation sites excluding steroid dienone is 8. The zero-order chi connectivity index (χ0) is 53.9. The van der Waals surface area contributed by atoms with Crippen LogP contribution in [0.4, 0.5) is 0 Å². The molecule has 2 saturated heterocycles. The van der Waals surface area contributed by atoms with E-state index in [4.69, 9.17) is 28.4 Å². The van der Waals surface area contributed by atoms with Crippen molar-refractivity contribution in [1.82, 2.24) is 0 Å². The number of aliphatic hydroxyl groups is 7. The van der Waals surface area contributed by atoms with Gasteiger partial charge in [-0.15, -0.1) is 0 Å². The maximum atomic E-state index is 13.0. The van der Waals surface area contributed by atoms with Crippen LogP contribution in [0.25, 0.3) is 0 Å². The number of aliphatic hydroxyl groups excluding tert-OH is 7. The van der Waals surface area contributed by atoms with Gasteiger partial charge in [0.05, 0.1) is 19.8 Å². The van der Waals surface area contributed by atoms with Crippen LogP contribution in [0.3, 0.4) is 0 Å². The summed E-state index contributed by atoms with van der Waals surface area (Å²) in [5.74, 6) is -0.983. The molecule has 0 aliphatic carbocycles. The van der Waals surface area contributed by atoms with Gasteiger partial charge in [-0.05, 0) is 51.4 Å². The molecule has 4 unspecified atom stereocenters. The van der Waals surface area contributed by atoms with Crippen LogP contribution >= 0.6 is 0 Å². The molecule has 2 fully saturated rings. The van der Waals surface area contributed by atoms with E-state index in [1.807, 2.05) is 12.2 Å². The lowest BCUT2D eigenvalue weighted by molar-refractivity contribution is -0.332. The zero-order valence-electron chi connectivity index (χ0n) is 45.8. The van der Waals surface area contributed by atoms with E-state index in [2.05, 4.69) is 50.3 Å². The molecule has 0 aromatic heterocycles. The Labute approximate surface area is 446 Å². The van der Waals surface area contributed by atoms with Crippen LogP contribution in [-0.2, 0) is 38.0 Å². The average molecular weight is 1050 g/mol. The topological polar surface area (TPSA) is 231 Å². The summed E-state index contributed by atoms with van der Waals surface area (Å²) >= 11 is 0. The monoisotopic (exact) mass is 1050 g/mol. The fourth-order valence-corrected chi connectivity index (χ4v) is 9.03. The summed E-state index contributed by atoms with van der Waals surface area (Å²) in [4.78, 5) is 25.9. The summed E-state index contributed by atoms with van der Waals surface area (Å²) in [6, 6.07) is 0. The number of rotatable bonds is 46. The quantitative estimate of drug-likeness (QED) is 0.0171. The molecule has 7 N–H and O–H groups in total. The molecule has 0 bridgehead atoms. The molecule has 2 heterocycles. The van der Waals surface area contributed by atoms with E-state index >= 15 is 0 Å². The molecule has 2 rings (SSSR count). The van der Waals surface area contributed by atoms with Crippen LogP contribution in [0.2, 0.25) is 0 Å². The van der Waals surface area contributed by atoms with Crippen LogP contribution in [0.5, 0.6) is 0 Å². The van der Waals surface area contributed by atoms with Crippen molar-refractivity contribution in [3.05, 3.63) is 48.6 Å². The standard InChI is InChI=1S/C59H104O15/c1-3-5-7-9-11-13-15-17-19-21-22-23-24-26-27-29-31-33-35-37-39-41-50(61)69-44-47(72-51(62)42-40-38-36-34-32-30-28-25-20-18-16-14-12-10-8-6-4-2)45-70-58-57(68)55(66)53(64)49(74-58)46-71-59-56(67)54(65)52(63)48(43-60)73-59/h12,14,18,20,28,30,34,36,47-49,52-60,63-68H,3-11,13,15-17,19,21-27,29,31-33,35,37-46H2,1-2H3/b14-12+,20-18+,30-28+,36-34+/t47-,48+,49+,52-,53-,54?,55?,56?,57?,58+,59+/m0/s1. The Morgan fingerprint density at radius 1 is 0.432 bits per heavy atom. The third-order valence-corrected chi connectivity index (χ3v) is 13.8. The summed E-state index contributed by atoms with van der Waals surface area (Å²) in [5.41, 5.74) is 0. The number of unbranched alkanes of at least 4 members (excludes halogenated alkanes) is 24. The van der Waals surface area contributed by atoms with Crippen LogP contribution in [-0.4, -0.2) is 142 Å². The molecular formula is C59H104O15. The van der Waals surface area contributed by atoms with Crippen molar-refractivity contribution in [2.24, 2.45) is 0 Å². The van der Waals surface area contributed by atoms with Crippen molar-refractivity contribution in [3.8, 4) is 0 Å². The van der Waals surface area contributed by atoms with Crippen molar-refractivity contribution in [2.75, 3.05) is 26.4 Å². The molecule has 430 valence electrons. The highest BCUT2D eigenvalue weighted by Crippen LogP contribution is 2.27. The highest BCUT2D eigenvalue weighted by Gasteiger charge is 2.47. The van der Waals surface area contributed by atoms with Crippen LogP contribution in [0, 0.1) is 0 Å². The third-order valence-electron chi connectivity index (χ3n) is 13.8. The highest BCUT2D eigenvalue weighted by molar-refractivity contribution is 5.70. The Bertz CT molecular complexity index is 1470. The highest BCUT2D eigenvalue weighted by atomic mass is 16.7. The van der Waals surface area contributed by atoms with Gasteiger partial charge in [-0.25, -0.2) is 0 Å². The van der Waals surface area contributed by atoms with E-state index in [-0.39, 0.29) is 19.4 Å². The zero-order valence-corrected chi connectivity index (χ0v) is 45.8. The minimum Gasteiger partial charge on any atom is -0.462 e. The summed E-state index contributed by atoms with van der Waals surface area (Å²) < 4.78 is 33.6. The van der Waals surface area contributed by atoms with Crippen LogP contribution in [0.1, 0.15) is 219 Å². The molecule has 74 heavy (non-hydrogen) atoms. The van der Waals surface area contributed by atoms with Crippen molar-refractivity contribution in [2.45, 2.75) is 287 Å². The second-order valence-corrected chi connectivity index (χ2v) is 20.5. The minimum absolute atomic E-state index is 0.0900. The van der Waals surface area contributed by atoms with E-state index < -0.39 is 99.3 Å². The van der Waals surface area contributed by atoms with Crippen molar-refractivity contribution < 1.29 is 73.8 Å². The molecule has 2 aliphatic heterocycles. The van der Waals surface area contributed by atoms with Gasteiger partial charge in [0.2, 0.25) is 0 Å². The SMILES string of the molecule is CCCCC/C=C/C/C=C/C/C=C/C/C=C/CCCC(=O)O[C@@H](COC(=O)CCCCCCCCCCCCCCCCCCCCCCC)CO[C@@H]1O[C@H](CO[C@@H]2O[C@H](CO)[C@H](O)C(O)C2O)[C@H](O)C(O)C1O. The van der Waals surface area contributed by atoms with Crippen molar-refractivity contribution in [1.29, 1.82) is 0 Å². The largest absolute Gasteiger partial charge is 0.462 e. The third kappa shape index (κ3) is 32.3. The van der Waals surface area contributed by atoms with Gasteiger partial charge in [-0.3, -0.25) is 9.59 Å². The lowest BCUT2D eigenvalue weighted by Gasteiger charge is -2.42. The smallest absolute Gasteiger partial charge is 0.306 e. The van der Waals surface area contributed by atoms with Crippen molar-refractivity contribution >= 4 is 11.9 Å². The fourth-order valence-electron chi connectivity index (χ4n) is 9.03. The number of esters is 2. The predicted molar refractivity (Wildman–Crippen MR) is 289 cm³/mol. The Kier molecular flexibility index (Phi) is 41.5. The summed E-state index contributed by atoms with van der Waals surface area (Å²) in [6.45, 7) is 2.54. The molecule has 0 spiro atoms. The number of ether oxygens (including phenoxy) is 6.